The molecule has 0 radical (unpaired) electrons. The normalized spacial score (nSPS) is 10.7. The first kappa shape index (κ1) is 20.8. The first-order valence-corrected chi connectivity index (χ1v) is 9.44. The molecule has 5 heteroatoms. The predicted molar refractivity (Wildman–Crippen MR) is 108 cm³/mol. The highest BCUT2D eigenvalue weighted by molar-refractivity contribution is 5.94. The van der Waals surface area contributed by atoms with E-state index in [4.69, 9.17) is 9.47 Å². The van der Waals surface area contributed by atoms with Gasteiger partial charge in [-0.05, 0) is 56.8 Å². The van der Waals surface area contributed by atoms with E-state index in [1.165, 1.54) is 5.56 Å². The third kappa shape index (κ3) is 6.29. The predicted octanol–water partition coefficient (Wildman–Crippen LogP) is 3.87. The van der Waals surface area contributed by atoms with Crippen LogP contribution in [0.1, 0.15) is 41.8 Å². The second-order valence-corrected chi connectivity index (χ2v) is 6.63. The van der Waals surface area contributed by atoms with Crippen molar-refractivity contribution in [2.24, 2.45) is 0 Å². The molecule has 0 saturated carbocycles. The summed E-state index contributed by atoms with van der Waals surface area (Å²) < 4.78 is 11.3. The SMILES string of the molecule is CCCOc1ccc(C(=O)NCc2ccccc2CN(C)C)cc1OCC. The van der Waals surface area contributed by atoms with Crippen molar-refractivity contribution in [1.82, 2.24) is 10.2 Å². The van der Waals surface area contributed by atoms with E-state index in [2.05, 4.69) is 23.2 Å². The van der Waals surface area contributed by atoms with Crippen molar-refractivity contribution in [1.29, 1.82) is 0 Å². The van der Waals surface area contributed by atoms with Crippen molar-refractivity contribution in [3.8, 4) is 11.5 Å². The van der Waals surface area contributed by atoms with Crippen LogP contribution < -0.4 is 14.8 Å². The molecule has 0 aromatic heterocycles. The van der Waals surface area contributed by atoms with Crippen LogP contribution in [0, 0.1) is 0 Å². The molecule has 1 amide bonds. The van der Waals surface area contributed by atoms with E-state index in [0.29, 0.717) is 36.8 Å². The number of rotatable bonds is 10. The maximum atomic E-state index is 12.6. The molecule has 2 rings (SSSR count). The Labute approximate surface area is 162 Å². The van der Waals surface area contributed by atoms with Gasteiger partial charge in [-0.25, -0.2) is 0 Å². The van der Waals surface area contributed by atoms with E-state index >= 15 is 0 Å². The molecule has 0 atom stereocenters. The van der Waals surface area contributed by atoms with Gasteiger partial charge in [0, 0.05) is 18.7 Å². The van der Waals surface area contributed by atoms with Gasteiger partial charge in [0.25, 0.3) is 5.91 Å². The molecule has 27 heavy (non-hydrogen) atoms. The molecule has 2 aromatic carbocycles. The van der Waals surface area contributed by atoms with Gasteiger partial charge in [-0.1, -0.05) is 31.2 Å². The molecule has 0 heterocycles. The minimum absolute atomic E-state index is 0.127. The van der Waals surface area contributed by atoms with Crippen LogP contribution in [0.5, 0.6) is 11.5 Å². The van der Waals surface area contributed by atoms with Crippen LogP contribution in [0.25, 0.3) is 0 Å². The molecular formula is C22H30N2O3. The average molecular weight is 370 g/mol. The molecule has 0 aliphatic heterocycles. The minimum Gasteiger partial charge on any atom is -0.490 e. The molecule has 2 aromatic rings. The molecule has 146 valence electrons. The molecule has 0 aliphatic rings. The van der Waals surface area contributed by atoms with Crippen LogP contribution in [0.15, 0.2) is 42.5 Å². The Balaban J connectivity index is 2.09. The third-order valence-corrected chi connectivity index (χ3v) is 4.01. The monoisotopic (exact) mass is 370 g/mol. The molecule has 0 spiro atoms. The van der Waals surface area contributed by atoms with Gasteiger partial charge in [-0.15, -0.1) is 0 Å². The molecular weight excluding hydrogens is 340 g/mol. The fourth-order valence-electron chi connectivity index (χ4n) is 2.75. The van der Waals surface area contributed by atoms with Gasteiger partial charge in [0.1, 0.15) is 0 Å². The Hall–Kier alpha value is -2.53. The lowest BCUT2D eigenvalue weighted by molar-refractivity contribution is 0.0950. The number of amides is 1. The van der Waals surface area contributed by atoms with E-state index in [9.17, 15) is 4.79 Å². The number of benzene rings is 2. The number of ether oxygens (including phenoxy) is 2. The van der Waals surface area contributed by atoms with Crippen molar-refractivity contribution in [2.75, 3.05) is 27.3 Å². The van der Waals surface area contributed by atoms with Crippen LogP contribution in [-0.2, 0) is 13.1 Å². The molecule has 1 N–H and O–H groups in total. The first-order chi connectivity index (χ1) is 13.0. The fourth-order valence-corrected chi connectivity index (χ4v) is 2.75. The average Bonchev–Trinajstić information content (AvgIpc) is 2.66. The van der Waals surface area contributed by atoms with Crippen molar-refractivity contribution in [3.63, 3.8) is 0 Å². The molecule has 0 fully saturated rings. The van der Waals surface area contributed by atoms with Crippen LogP contribution in [-0.4, -0.2) is 38.1 Å². The van der Waals surface area contributed by atoms with Gasteiger partial charge >= 0.3 is 0 Å². The highest BCUT2D eigenvalue weighted by atomic mass is 16.5. The Bertz CT molecular complexity index is 744. The summed E-state index contributed by atoms with van der Waals surface area (Å²) in [5.74, 6) is 1.15. The van der Waals surface area contributed by atoms with Gasteiger partial charge in [0.2, 0.25) is 0 Å². The van der Waals surface area contributed by atoms with Gasteiger partial charge in [-0.3, -0.25) is 4.79 Å². The van der Waals surface area contributed by atoms with Crippen LogP contribution >= 0.6 is 0 Å². The van der Waals surface area contributed by atoms with Crippen LogP contribution in [0.4, 0.5) is 0 Å². The standard InChI is InChI=1S/C22H30N2O3/c1-5-13-27-20-12-11-17(14-21(20)26-6-2)22(25)23-15-18-9-7-8-10-19(18)16-24(3)4/h7-12,14H,5-6,13,15-16H2,1-4H3,(H,23,25). The Morgan fingerprint density at radius 3 is 2.41 bits per heavy atom. The van der Waals surface area contributed by atoms with Crippen LogP contribution in [0.3, 0.4) is 0 Å². The lowest BCUT2D eigenvalue weighted by atomic mass is 10.1. The third-order valence-electron chi connectivity index (χ3n) is 4.01. The number of nitrogens with zero attached hydrogens (tertiary/aromatic N) is 1. The second-order valence-electron chi connectivity index (χ2n) is 6.63. The van der Waals surface area contributed by atoms with E-state index in [0.717, 1.165) is 18.5 Å². The van der Waals surface area contributed by atoms with E-state index in [1.54, 1.807) is 18.2 Å². The molecule has 0 unspecified atom stereocenters. The Kier molecular flexibility index (Phi) is 8.14. The van der Waals surface area contributed by atoms with Crippen LogP contribution in [0.2, 0.25) is 0 Å². The molecule has 0 saturated heterocycles. The molecule has 0 aliphatic carbocycles. The highest BCUT2D eigenvalue weighted by Gasteiger charge is 2.12. The number of hydrogen-bond acceptors (Lipinski definition) is 4. The summed E-state index contributed by atoms with van der Waals surface area (Å²) in [5, 5.41) is 3.01. The van der Waals surface area contributed by atoms with Crippen molar-refractivity contribution < 1.29 is 14.3 Å². The number of carbonyl (C=O) groups is 1. The molecule has 5 nitrogen and oxygen atoms in total. The summed E-state index contributed by atoms with van der Waals surface area (Å²) in [6, 6.07) is 13.5. The summed E-state index contributed by atoms with van der Waals surface area (Å²) in [6.07, 6.45) is 0.917. The number of nitrogens with one attached hydrogen (secondary N) is 1. The summed E-state index contributed by atoms with van der Waals surface area (Å²) in [4.78, 5) is 14.7. The number of hydrogen-bond donors (Lipinski definition) is 1. The first-order valence-electron chi connectivity index (χ1n) is 9.44. The fraction of sp³-hybridized carbons (Fsp3) is 0.409. The molecule has 0 bridgehead atoms. The Morgan fingerprint density at radius 2 is 1.74 bits per heavy atom. The summed E-state index contributed by atoms with van der Waals surface area (Å²) in [5.41, 5.74) is 2.89. The summed E-state index contributed by atoms with van der Waals surface area (Å²) in [7, 11) is 4.07. The number of carbonyl (C=O) groups excluding carboxylic acids is 1. The topological polar surface area (TPSA) is 50.8 Å². The van der Waals surface area contributed by atoms with Gasteiger partial charge < -0.3 is 19.7 Å². The van der Waals surface area contributed by atoms with Crippen molar-refractivity contribution >= 4 is 5.91 Å². The van der Waals surface area contributed by atoms with Gasteiger partial charge in [-0.2, -0.15) is 0 Å². The maximum Gasteiger partial charge on any atom is 0.251 e. The zero-order chi connectivity index (χ0) is 19.6. The highest BCUT2D eigenvalue weighted by Crippen LogP contribution is 2.28. The van der Waals surface area contributed by atoms with E-state index in [-0.39, 0.29) is 5.91 Å². The van der Waals surface area contributed by atoms with Crippen molar-refractivity contribution in [2.45, 2.75) is 33.4 Å². The maximum absolute atomic E-state index is 12.6. The quantitative estimate of drug-likeness (QED) is 0.690. The summed E-state index contributed by atoms with van der Waals surface area (Å²) in [6.45, 7) is 6.43. The smallest absolute Gasteiger partial charge is 0.251 e. The zero-order valence-electron chi connectivity index (χ0n) is 16.7. The van der Waals surface area contributed by atoms with E-state index in [1.807, 2.05) is 39.2 Å². The lowest BCUT2D eigenvalue weighted by Crippen LogP contribution is -2.24. The lowest BCUT2D eigenvalue weighted by Gasteiger charge is -2.15. The van der Waals surface area contributed by atoms with E-state index < -0.39 is 0 Å². The van der Waals surface area contributed by atoms with Gasteiger partial charge in [0.15, 0.2) is 11.5 Å². The second kappa shape index (κ2) is 10.6. The van der Waals surface area contributed by atoms with Crippen molar-refractivity contribution in [3.05, 3.63) is 59.2 Å². The Morgan fingerprint density at radius 1 is 1.00 bits per heavy atom. The van der Waals surface area contributed by atoms with Gasteiger partial charge in [0.05, 0.1) is 13.2 Å². The summed E-state index contributed by atoms with van der Waals surface area (Å²) >= 11 is 0. The largest absolute Gasteiger partial charge is 0.490 e. The minimum atomic E-state index is -0.127. The zero-order valence-corrected chi connectivity index (χ0v) is 16.7.